The van der Waals surface area contributed by atoms with E-state index in [0.29, 0.717) is 5.92 Å². The highest BCUT2D eigenvalue weighted by molar-refractivity contribution is 5.41. The molecule has 0 heterocycles. The van der Waals surface area contributed by atoms with Crippen molar-refractivity contribution in [1.29, 1.82) is 0 Å². The average molecular weight is 280 g/mol. The molecule has 0 saturated carbocycles. The fourth-order valence-corrected chi connectivity index (χ4v) is 3.55. The summed E-state index contributed by atoms with van der Waals surface area (Å²) in [7, 11) is 0. The number of hydrogen-bond donors (Lipinski definition) is 1. The Bertz CT molecular complexity index is 662. The summed E-state index contributed by atoms with van der Waals surface area (Å²) in [6, 6.07) is 14.8. The van der Waals surface area contributed by atoms with Crippen molar-refractivity contribution in [3.05, 3.63) is 64.7 Å². The molecule has 2 aromatic rings. The van der Waals surface area contributed by atoms with Crippen LogP contribution in [-0.2, 0) is 12.8 Å². The zero-order chi connectivity index (χ0) is 14.2. The van der Waals surface area contributed by atoms with Gasteiger partial charge in [0.1, 0.15) is 5.75 Å². The van der Waals surface area contributed by atoms with Crippen LogP contribution in [0.3, 0.4) is 0 Å². The molecule has 0 bridgehead atoms. The second-order valence-electron chi connectivity index (χ2n) is 6.18. The van der Waals surface area contributed by atoms with Crippen molar-refractivity contribution in [2.24, 2.45) is 0 Å². The molecule has 0 fully saturated rings. The van der Waals surface area contributed by atoms with Gasteiger partial charge in [-0.05, 0) is 60.1 Å². The number of aryl methyl sites for hydroxylation is 1. The maximum Gasteiger partial charge on any atom is 0.119 e. The number of hydrogen-bond acceptors (Lipinski definition) is 2. The third-order valence-corrected chi connectivity index (χ3v) is 4.81. The molecule has 0 amide bonds. The number of benzene rings is 2. The van der Waals surface area contributed by atoms with Crippen LogP contribution in [0.1, 0.15) is 47.1 Å². The minimum Gasteiger partial charge on any atom is -0.493 e. The van der Waals surface area contributed by atoms with Crippen LogP contribution in [0.15, 0.2) is 42.5 Å². The van der Waals surface area contributed by atoms with Crippen LogP contribution in [0, 0.1) is 0 Å². The monoisotopic (exact) mass is 280 g/mol. The van der Waals surface area contributed by atoms with Crippen molar-refractivity contribution >= 4 is 0 Å². The molecule has 108 valence electrons. The van der Waals surface area contributed by atoms with E-state index in [9.17, 15) is 5.11 Å². The summed E-state index contributed by atoms with van der Waals surface area (Å²) >= 11 is 0. The largest absolute Gasteiger partial charge is 0.493 e. The topological polar surface area (TPSA) is 29.5 Å². The van der Waals surface area contributed by atoms with Crippen LogP contribution in [0.2, 0.25) is 0 Å². The van der Waals surface area contributed by atoms with E-state index < -0.39 is 0 Å². The van der Waals surface area contributed by atoms with Crippen molar-refractivity contribution in [3.8, 4) is 5.75 Å². The van der Waals surface area contributed by atoms with Gasteiger partial charge in [-0.3, -0.25) is 0 Å². The third-order valence-electron chi connectivity index (χ3n) is 4.81. The van der Waals surface area contributed by atoms with Crippen molar-refractivity contribution in [2.45, 2.75) is 37.7 Å². The lowest BCUT2D eigenvalue weighted by Gasteiger charge is -2.30. The molecule has 2 atom stereocenters. The second-order valence-corrected chi connectivity index (χ2v) is 6.18. The van der Waals surface area contributed by atoms with Crippen LogP contribution >= 0.6 is 0 Å². The van der Waals surface area contributed by atoms with Gasteiger partial charge in [0.25, 0.3) is 0 Å². The highest BCUT2D eigenvalue weighted by Crippen LogP contribution is 2.36. The molecule has 2 heteroatoms. The van der Waals surface area contributed by atoms with Gasteiger partial charge < -0.3 is 9.84 Å². The fraction of sp³-hybridized carbons (Fsp3) is 0.368. The number of rotatable bonds is 3. The van der Waals surface area contributed by atoms with Gasteiger partial charge in [0, 0.05) is 5.92 Å². The van der Waals surface area contributed by atoms with E-state index >= 15 is 0 Å². The molecule has 2 nitrogen and oxygen atoms in total. The average Bonchev–Trinajstić information content (AvgIpc) is 2.49. The molecule has 0 saturated heterocycles. The minimum atomic E-state index is -0.318. The van der Waals surface area contributed by atoms with E-state index in [1.807, 2.05) is 12.1 Å². The lowest BCUT2D eigenvalue weighted by molar-refractivity contribution is 0.156. The van der Waals surface area contributed by atoms with E-state index in [0.717, 1.165) is 43.6 Å². The van der Waals surface area contributed by atoms with Crippen LogP contribution in [-0.4, -0.2) is 11.7 Å². The van der Waals surface area contributed by atoms with Crippen LogP contribution in [0.5, 0.6) is 5.75 Å². The molecule has 0 radical (unpaired) electrons. The first-order valence-electron chi connectivity index (χ1n) is 7.83. The highest BCUT2D eigenvalue weighted by atomic mass is 16.5. The Hall–Kier alpha value is -1.80. The normalized spacial score (nSPS) is 22.9. The minimum absolute atomic E-state index is 0.318. The van der Waals surface area contributed by atoms with Gasteiger partial charge in [-0.1, -0.05) is 30.3 Å². The smallest absolute Gasteiger partial charge is 0.119 e. The zero-order valence-electron chi connectivity index (χ0n) is 12.1. The number of fused-ring (bicyclic) bond motifs is 2. The summed E-state index contributed by atoms with van der Waals surface area (Å²) in [4.78, 5) is 0. The maximum absolute atomic E-state index is 10.1. The summed E-state index contributed by atoms with van der Waals surface area (Å²) < 4.78 is 5.97. The van der Waals surface area contributed by atoms with Gasteiger partial charge in [-0.25, -0.2) is 0 Å². The fourth-order valence-electron chi connectivity index (χ4n) is 3.55. The molecule has 2 aliphatic carbocycles. The Kier molecular flexibility index (Phi) is 3.19. The molecular formula is C19H20O2. The van der Waals surface area contributed by atoms with Crippen molar-refractivity contribution in [3.63, 3.8) is 0 Å². The van der Waals surface area contributed by atoms with Crippen molar-refractivity contribution < 1.29 is 9.84 Å². The van der Waals surface area contributed by atoms with Gasteiger partial charge >= 0.3 is 0 Å². The Labute approximate surface area is 125 Å². The SMILES string of the molecule is O[C@@H]1CCCc2ccc(OCC3Cc4ccccc43)cc21. The molecule has 4 rings (SSSR count). The first-order valence-corrected chi connectivity index (χ1v) is 7.83. The standard InChI is InChI=1S/C19H20O2/c20-19-7-3-5-13-8-9-16(11-18(13)19)21-12-15-10-14-4-1-2-6-17(14)15/h1-2,4,6,8-9,11,15,19-20H,3,5,7,10,12H2/t15?,19-/m1/s1. The van der Waals surface area contributed by atoms with Gasteiger partial charge in [0.05, 0.1) is 12.7 Å². The molecule has 0 aliphatic heterocycles. The Morgan fingerprint density at radius 3 is 2.86 bits per heavy atom. The molecular weight excluding hydrogens is 260 g/mol. The Balaban J connectivity index is 1.46. The summed E-state index contributed by atoms with van der Waals surface area (Å²) in [6.45, 7) is 0.728. The Morgan fingerprint density at radius 2 is 1.95 bits per heavy atom. The van der Waals surface area contributed by atoms with E-state index in [2.05, 4.69) is 30.3 Å². The van der Waals surface area contributed by atoms with Crippen LogP contribution < -0.4 is 4.74 Å². The van der Waals surface area contributed by atoms with Crippen LogP contribution in [0.4, 0.5) is 0 Å². The van der Waals surface area contributed by atoms with E-state index in [4.69, 9.17) is 4.74 Å². The molecule has 2 aliphatic rings. The first kappa shape index (κ1) is 12.9. The van der Waals surface area contributed by atoms with Crippen LogP contribution in [0.25, 0.3) is 0 Å². The van der Waals surface area contributed by atoms with Gasteiger partial charge in [0.2, 0.25) is 0 Å². The van der Waals surface area contributed by atoms with Gasteiger partial charge in [-0.15, -0.1) is 0 Å². The maximum atomic E-state index is 10.1. The molecule has 1 N–H and O–H groups in total. The lowest BCUT2D eigenvalue weighted by atomic mass is 9.78. The predicted octanol–water partition coefficient (Wildman–Crippen LogP) is 3.78. The van der Waals surface area contributed by atoms with E-state index in [-0.39, 0.29) is 6.10 Å². The van der Waals surface area contributed by atoms with Crippen molar-refractivity contribution in [1.82, 2.24) is 0 Å². The molecule has 1 unspecified atom stereocenters. The van der Waals surface area contributed by atoms with Crippen molar-refractivity contribution in [2.75, 3.05) is 6.61 Å². The molecule has 0 aromatic heterocycles. The van der Waals surface area contributed by atoms with E-state index in [1.165, 1.54) is 16.7 Å². The second kappa shape index (κ2) is 5.19. The summed E-state index contributed by atoms with van der Waals surface area (Å²) in [5.74, 6) is 1.40. The summed E-state index contributed by atoms with van der Waals surface area (Å²) in [5, 5.41) is 10.1. The number of aliphatic hydroxyl groups is 1. The first-order chi connectivity index (χ1) is 10.3. The quantitative estimate of drug-likeness (QED) is 0.927. The zero-order valence-corrected chi connectivity index (χ0v) is 12.1. The molecule has 0 spiro atoms. The lowest BCUT2D eigenvalue weighted by Crippen LogP contribution is -2.23. The molecule has 21 heavy (non-hydrogen) atoms. The van der Waals surface area contributed by atoms with Gasteiger partial charge in [0.15, 0.2) is 0 Å². The number of aliphatic hydroxyl groups excluding tert-OH is 1. The summed E-state index contributed by atoms with van der Waals surface area (Å²) in [5.41, 5.74) is 5.21. The highest BCUT2D eigenvalue weighted by Gasteiger charge is 2.26. The Morgan fingerprint density at radius 1 is 1.05 bits per heavy atom. The number of ether oxygens (including phenoxy) is 1. The van der Waals surface area contributed by atoms with E-state index in [1.54, 1.807) is 0 Å². The molecule has 2 aromatic carbocycles. The summed E-state index contributed by atoms with van der Waals surface area (Å²) in [6.07, 6.45) is 3.81. The van der Waals surface area contributed by atoms with Gasteiger partial charge in [-0.2, -0.15) is 0 Å². The predicted molar refractivity (Wildman–Crippen MR) is 82.7 cm³/mol. The third kappa shape index (κ3) is 2.34.